The van der Waals surface area contributed by atoms with Crippen molar-refractivity contribution < 1.29 is 18.3 Å². The number of carboxylic acids is 1. The standard InChI is InChI=1S/C23H32NO4PS/c1-4-7-12-24(13-8-5-2)20-15-18(23(25)26)16-21(30(27,28)6-3)22(20)17-10-9-11-19(29)14-17/h9-11,14-16H,4-8,12-13,29H2,1-3H3,(H,25,26). The molecule has 0 bridgehead atoms. The molecule has 30 heavy (non-hydrogen) atoms. The fourth-order valence-electron chi connectivity index (χ4n) is 3.41. The van der Waals surface area contributed by atoms with Gasteiger partial charge in [-0.3, -0.25) is 0 Å². The molecule has 0 aliphatic rings. The van der Waals surface area contributed by atoms with Crippen molar-refractivity contribution in [3.63, 3.8) is 0 Å². The van der Waals surface area contributed by atoms with Crippen LogP contribution in [0.5, 0.6) is 0 Å². The van der Waals surface area contributed by atoms with Gasteiger partial charge < -0.3 is 10.0 Å². The molecule has 0 saturated heterocycles. The molecule has 0 aliphatic carbocycles. The second kappa shape index (κ2) is 10.9. The van der Waals surface area contributed by atoms with Crippen molar-refractivity contribution in [2.75, 3.05) is 23.7 Å². The Hall–Kier alpha value is -1.91. The molecule has 5 nitrogen and oxygen atoms in total. The predicted octanol–water partition coefficient (Wildman–Crippen LogP) is 4.75. The van der Waals surface area contributed by atoms with Gasteiger partial charge in [-0.25, -0.2) is 13.2 Å². The maximum Gasteiger partial charge on any atom is 0.335 e. The molecule has 2 aromatic rings. The zero-order valence-corrected chi connectivity index (χ0v) is 20.0. The van der Waals surface area contributed by atoms with Crippen LogP contribution in [0.25, 0.3) is 11.1 Å². The number of unbranched alkanes of at least 4 members (excludes halogenated alkanes) is 2. The fraction of sp³-hybridized carbons (Fsp3) is 0.435. The van der Waals surface area contributed by atoms with Gasteiger partial charge in [0.25, 0.3) is 0 Å². The monoisotopic (exact) mass is 449 g/mol. The van der Waals surface area contributed by atoms with Crippen molar-refractivity contribution in [1.82, 2.24) is 0 Å². The second-order valence-electron chi connectivity index (χ2n) is 7.40. The summed E-state index contributed by atoms with van der Waals surface area (Å²) in [4.78, 5) is 14.1. The zero-order chi connectivity index (χ0) is 22.3. The minimum absolute atomic E-state index is 0.000741. The Morgan fingerprint density at radius 2 is 1.67 bits per heavy atom. The highest BCUT2D eigenvalue weighted by Crippen LogP contribution is 2.39. The van der Waals surface area contributed by atoms with Gasteiger partial charge in [0.1, 0.15) is 0 Å². The lowest BCUT2D eigenvalue weighted by molar-refractivity contribution is 0.0696. The Morgan fingerprint density at radius 1 is 1.03 bits per heavy atom. The van der Waals surface area contributed by atoms with Gasteiger partial charge in [0, 0.05) is 24.3 Å². The van der Waals surface area contributed by atoms with E-state index in [1.54, 1.807) is 13.0 Å². The minimum atomic E-state index is -3.64. The highest BCUT2D eigenvalue weighted by Gasteiger charge is 2.26. The van der Waals surface area contributed by atoms with Crippen LogP contribution in [0.4, 0.5) is 5.69 Å². The Labute approximate surface area is 182 Å². The molecular formula is C23H32NO4PS. The van der Waals surface area contributed by atoms with Crippen LogP contribution in [-0.2, 0) is 9.84 Å². The summed E-state index contributed by atoms with van der Waals surface area (Å²) in [5, 5.41) is 10.6. The summed E-state index contributed by atoms with van der Waals surface area (Å²) >= 11 is 0. The van der Waals surface area contributed by atoms with E-state index in [1.807, 2.05) is 24.3 Å². The summed E-state index contributed by atoms with van der Waals surface area (Å²) in [6, 6.07) is 10.6. The van der Waals surface area contributed by atoms with Crippen LogP contribution >= 0.6 is 9.24 Å². The molecule has 0 saturated carbocycles. The van der Waals surface area contributed by atoms with Gasteiger partial charge in [0.2, 0.25) is 0 Å². The van der Waals surface area contributed by atoms with E-state index in [4.69, 9.17) is 0 Å². The summed E-state index contributed by atoms with van der Waals surface area (Å²) in [7, 11) is -1.00. The van der Waals surface area contributed by atoms with Crippen molar-refractivity contribution in [3.05, 3.63) is 42.0 Å². The number of hydrogen-bond donors (Lipinski definition) is 1. The van der Waals surface area contributed by atoms with Gasteiger partial charge in [-0.2, -0.15) is 0 Å². The first kappa shape index (κ1) is 24.4. The second-order valence-corrected chi connectivity index (χ2v) is 10.3. The lowest BCUT2D eigenvalue weighted by Crippen LogP contribution is -2.27. The van der Waals surface area contributed by atoms with E-state index in [0.29, 0.717) is 11.3 Å². The van der Waals surface area contributed by atoms with Gasteiger partial charge in [-0.05, 0) is 41.9 Å². The molecule has 2 aromatic carbocycles. The summed E-state index contributed by atoms with van der Waals surface area (Å²) < 4.78 is 26.1. The van der Waals surface area contributed by atoms with E-state index in [2.05, 4.69) is 28.0 Å². The van der Waals surface area contributed by atoms with Crippen LogP contribution < -0.4 is 10.2 Å². The average Bonchev–Trinajstić information content (AvgIpc) is 2.73. The van der Waals surface area contributed by atoms with Crippen LogP contribution in [0, 0.1) is 0 Å². The molecule has 0 heterocycles. The fourth-order valence-corrected chi connectivity index (χ4v) is 4.85. The van der Waals surface area contributed by atoms with Gasteiger partial charge in [-0.15, -0.1) is 9.24 Å². The van der Waals surface area contributed by atoms with E-state index in [9.17, 15) is 18.3 Å². The number of carbonyl (C=O) groups is 1. The van der Waals surface area contributed by atoms with Crippen LogP contribution in [-0.4, -0.2) is 38.3 Å². The van der Waals surface area contributed by atoms with Gasteiger partial charge in [0.05, 0.1) is 16.2 Å². The van der Waals surface area contributed by atoms with E-state index in [-0.39, 0.29) is 16.2 Å². The van der Waals surface area contributed by atoms with Crippen molar-refractivity contribution in [2.24, 2.45) is 0 Å². The number of anilines is 1. The summed E-state index contributed by atoms with van der Waals surface area (Å²) in [5.74, 6) is -1.21. The maximum atomic E-state index is 13.0. The number of aromatic carboxylic acids is 1. The summed E-state index contributed by atoms with van der Waals surface area (Å²) in [6.45, 7) is 7.30. The predicted molar refractivity (Wildman–Crippen MR) is 128 cm³/mol. The maximum absolute atomic E-state index is 13.0. The minimum Gasteiger partial charge on any atom is -0.478 e. The normalized spacial score (nSPS) is 11.5. The molecule has 0 aliphatic heterocycles. The van der Waals surface area contributed by atoms with Crippen molar-refractivity contribution in [2.45, 2.75) is 51.3 Å². The largest absolute Gasteiger partial charge is 0.478 e. The van der Waals surface area contributed by atoms with Gasteiger partial charge in [0.15, 0.2) is 9.84 Å². The molecular weight excluding hydrogens is 417 g/mol. The molecule has 2 rings (SSSR count). The first-order valence-electron chi connectivity index (χ1n) is 10.5. The van der Waals surface area contributed by atoms with Crippen molar-refractivity contribution >= 4 is 36.0 Å². The third-order valence-electron chi connectivity index (χ3n) is 5.12. The lowest BCUT2D eigenvalue weighted by Gasteiger charge is -2.29. The third kappa shape index (κ3) is 5.83. The molecule has 0 fully saturated rings. The zero-order valence-electron chi connectivity index (χ0n) is 18.0. The van der Waals surface area contributed by atoms with E-state index < -0.39 is 15.8 Å². The number of carboxylic acid groups (broad SMARTS) is 1. The lowest BCUT2D eigenvalue weighted by atomic mass is 9.99. The quantitative estimate of drug-likeness (QED) is 0.501. The number of benzene rings is 2. The SMILES string of the molecule is CCCCN(CCCC)c1cc(C(=O)O)cc(S(=O)(=O)CC)c1-c1cccc(P)c1. The molecule has 0 amide bonds. The van der Waals surface area contributed by atoms with E-state index in [1.165, 1.54) is 6.07 Å². The number of rotatable bonds is 11. The Morgan fingerprint density at radius 3 is 2.17 bits per heavy atom. The topological polar surface area (TPSA) is 74.7 Å². The Kier molecular flexibility index (Phi) is 8.87. The molecule has 0 spiro atoms. The van der Waals surface area contributed by atoms with Gasteiger partial charge in [-0.1, -0.05) is 51.8 Å². The Balaban J connectivity index is 2.89. The number of sulfone groups is 1. The number of nitrogens with zero attached hydrogens (tertiary/aromatic N) is 1. The molecule has 164 valence electrons. The molecule has 0 aromatic heterocycles. The molecule has 1 atom stereocenters. The van der Waals surface area contributed by atoms with Crippen molar-refractivity contribution in [3.8, 4) is 11.1 Å². The first-order valence-corrected chi connectivity index (χ1v) is 12.7. The molecule has 7 heteroatoms. The van der Waals surface area contributed by atoms with Crippen LogP contribution in [0.3, 0.4) is 0 Å². The van der Waals surface area contributed by atoms with Gasteiger partial charge >= 0.3 is 5.97 Å². The van der Waals surface area contributed by atoms with E-state index >= 15 is 0 Å². The highest BCUT2D eigenvalue weighted by atomic mass is 32.2. The smallest absolute Gasteiger partial charge is 0.335 e. The first-order chi connectivity index (χ1) is 14.2. The van der Waals surface area contributed by atoms with Crippen LogP contribution in [0.15, 0.2) is 41.3 Å². The third-order valence-corrected chi connectivity index (χ3v) is 7.23. The van der Waals surface area contributed by atoms with Crippen LogP contribution in [0.1, 0.15) is 56.8 Å². The Bertz CT molecular complexity index is 981. The molecule has 1 N–H and O–H groups in total. The molecule has 1 unspecified atom stereocenters. The summed E-state index contributed by atoms with van der Waals surface area (Å²) in [5.41, 5.74) is 2.05. The summed E-state index contributed by atoms with van der Waals surface area (Å²) in [6.07, 6.45) is 3.88. The van der Waals surface area contributed by atoms with E-state index in [0.717, 1.165) is 49.6 Å². The molecule has 0 radical (unpaired) electrons. The average molecular weight is 450 g/mol. The highest BCUT2D eigenvalue weighted by molar-refractivity contribution is 7.91. The number of hydrogen-bond acceptors (Lipinski definition) is 4. The van der Waals surface area contributed by atoms with Crippen LogP contribution in [0.2, 0.25) is 0 Å². The van der Waals surface area contributed by atoms with Crippen molar-refractivity contribution in [1.29, 1.82) is 0 Å².